The predicted octanol–water partition coefficient (Wildman–Crippen LogP) is 9.65. The maximum atomic E-state index is 12.7. The summed E-state index contributed by atoms with van der Waals surface area (Å²) in [5.74, 6) is 6.41. The molecule has 372 valence electrons. The summed E-state index contributed by atoms with van der Waals surface area (Å²) < 4.78 is 5.14. The molecular weight excluding hydrogens is 961 g/mol. The molecule has 15 nitrogen and oxygen atoms in total. The average molecular weight is 1020 g/mol. The Labute approximate surface area is 433 Å². The number of hydrogen-bond acceptors (Lipinski definition) is 15. The Morgan fingerprint density at radius 1 is 0.444 bits per heavy atom. The van der Waals surface area contributed by atoms with E-state index in [1.165, 1.54) is 0 Å². The van der Waals surface area contributed by atoms with Gasteiger partial charge in [0.25, 0.3) is 16.7 Å². The molecule has 0 aliphatic carbocycles. The number of aromatic nitrogens is 9. The summed E-state index contributed by atoms with van der Waals surface area (Å²) >= 11 is 4.98. The van der Waals surface area contributed by atoms with Crippen LogP contribution in [0.2, 0.25) is 0 Å². The smallest absolute Gasteiger partial charge is 0.269 e. The SMILES string of the molecule is CC1CSc2cc(-c3cnc(C(C)(C)C)nc3)c(C#N)c(=O)n2C1.C[C@@H]1CSc2cc(-c3cnc(C(C)(C)C)nc3)c(C#N)c(=O)n2C1.C[C@H]1CSc2cc(-c3cnc(C(C)(C)C)nc3)c(C#N)c(=O)n2C1. The Balaban J connectivity index is 0.000000158. The number of nitrogens with zero attached hydrogens (tertiary/aromatic N) is 12. The van der Waals surface area contributed by atoms with Crippen LogP contribution >= 0.6 is 35.3 Å². The Hall–Kier alpha value is -6.39. The summed E-state index contributed by atoms with van der Waals surface area (Å²) in [4.78, 5) is 64.6. The van der Waals surface area contributed by atoms with Crippen molar-refractivity contribution in [3.8, 4) is 51.6 Å². The number of rotatable bonds is 3. The van der Waals surface area contributed by atoms with Gasteiger partial charge in [0.1, 0.15) is 52.4 Å². The van der Waals surface area contributed by atoms with E-state index in [1.54, 1.807) is 86.2 Å². The van der Waals surface area contributed by atoms with Crippen molar-refractivity contribution >= 4 is 35.3 Å². The van der Waals surface area contributed by atoms with Gasteiger partial charge in [-0.3, -0.25) is 14.4 Å². The predicted molar refractivity (Wildman–Crippen MR) is 285 cm³/mol. The molecule has 3 aliphatic rings. The lowest BCUT2D eigenvalue weighted by atomic mass is 9.95. The van der Waals surface area contributed by atoms with Crippen LogP contribution in [0.15, 0.2) is 84.8 Å². The van der Waals surface area contributed by atoms with Gasteiger partial charge in [-0.2, -0.15) is 15.8 Å². The largest absolute Gasteiger partial charge is 0.302 e. The van der Waals surface area contributed by atoms with Gasteiger partial charge in [-0.05, 0) is 36.0 Å². The molecule has 6 aromatic heterocycles. The highest BCUT2D eigenvalue weighted by Gasteiger charge is 2.27. The first-order valence-corrected chi connectivity index (χ1v) is 26.8. The number of pyridine rings is 3. The number of hydrogen-bond donors (Lipinski definition) is 0. The van der Waals surface area contributed by atoms with Gasteiger partial charge in [-0.25, -0.2) is 29.9 Å². The second-order valence-corrected chi connectivity index (χ2v) is 24.9. The molecule has 9 heterocycles. The highest BCUT2D eigenvalue weighted by molar-refractivity contribution is 7.99. The molecule has 3 aliphatic heterocycles. The molecule has 3 atom stereocenters. The first-order chi connectivity index (χ1) is 33.9. The van der Waals surface area contributed by atoms with Gasteiger partial charge >= 0.3 is 0 Å². The normalized spacial score (nSPS) is 17.2. The zero-order valence-electron chi connectivity index (χ0n) is 43.0. The molecule has 6 aromatic rings. The van der Waals surface area contributed by atoms with Crippen molar-refractivity contribution in [1.29, 1.82) is 15.8 Å². The molecule has 72 heavy (non-hydrogen) atoms. The fraction of sp³-hybridized carbons (Fsp3) is 0.444. The Bertz CT molecular complexity index is 2970. The molecule has 0 bridgehead atoms. The molecule has 0 spiro atoms. The van der Waals surface area contributed by atoms with Gasteiger partial charge in [0.2, 0.25) is 0 Å². The van der Waals surface area contributed by atoms with Crippen molar-refractivity contribution < 1.29 is 0 Å². The fourth-order valence-electron chi connectivity index (χ4n) is 8.10. The molecule has 0 fully saturated rings. The first-order valence-electron chi connectivity index (χ1n) is 23.8. The van der Waals surface area contributed by atoms with Crippen LogP contribution in [0.1, 0.15) is 117 Å². The maximum absolute atomic E-state index is 12.7. The van der Waals surface area contributed by atoms with E-state index in [4.69, 9.17) is 0 Å². The molecule has 0 N–H and O–H groups in total. The highest BCUT2D eigenvalue weighted by Crippen LogP contribution is 2.35. The highest BCUT2D eigenvalue weighted by atomic mass is 32.2. The van der Waals surface area contributed by atoms with Crippen molar-refractivity contribution in [2.75, 3.05) is 17.3 Å². The van der Waals surface area contributed by atoms with Gasteiger partial charge < -0.3 is 13.7 Å². The third kappa shape index (κ3) is 11.6. The van der Waals surface area contributed by atoms with Crippen LogP contribution in [0.3, 0.4) is 0 Å². The lowest BCUT2D eigenvalue weighted by Gasteiger charge is -2.24. The standard InChI is InChI=1S/3C18H20N4OS/c3*1-11-9-22-15(24-10-11)5-13(14(6-19)16(22)23)12-7-20-17(21-8-12)18(2,3)4/h3*5,7-8,11H,9-10H2,1-4H3/t2*11-;/m10./s1. The summed E-state index contributed by atoms with van der Waals surface area (Å²) in [6.45, 7) is 26.8. The molecule has 9 rings (SSSR count). The van der Waals surface area contributed by atoms with Crippen molar-refractivity contribution in [2.24, 2.45) is 17.8 Å². The van der Waals surface area contributed by atoms with Gasteiger partial charge in [-0.15, -0.1) is 35.3 Å². The van der Waals surface area contributed by atoms with E-state index in [0.29, 0.717) is 70.8 Å². The van der Waals surface area contributed by atoms with E-state index in [0.717, 1.165) is 49.8 Å². The molecule has 1 unspecified atom stereocenters. The quantitative estimate of drug-likeness (QED) is 0.161. The molecule has 0 amide bonds. The monoisotopic (exact) mass is 1020 g/mol. The molecule has 0 saturated carbocycles. The van der Waals surface area contributed by atoms with E-state index in [9.17, 15) is 30.2 Å². The van der Waals surface area contributed by atoms with Crippen LogP contribution in [0, 0.1) is 51.7 Å². The van der Waals surface area contributed by atoms with E-state index >= 15 is 0 Å². The third-order valence-corrected chi connectivity index (χ3v) is 16.2. The van der Waals surface area contributed by atoms with E-state index in [2.05, 4.69) is 68.9 Å². The summed E-state index contributed by atoms with van der Waals surface area (Å²) in [5, 5.41) is 31.2. The minimum Gasteiger partial charge on any atom is -0.302 e. The summed E-state index contributed by atoms with van der Waals surface area (Å²) in [6.07, 6.45) is 10.2. The van der Waals surface area contributed by atoms with Crippen molar-refractivity contribution in [1.82, 2.24) is 43.6 Å². The average Bonchev–Trinajstić information content (AvgIpc) is 3.34. The number of thioether (sulfide) groups is 3. The Morgan fingerprint density at radius 3 is 0.861 bits per heavy atom. The minimum atomic E-state index is -0.219. The van der Waals surface area contributed by atoms with Crippen LogP contribution < -0.4 is 16.7 Å². The van der Waals surface area contributed by atoms with Gasteiger partial charge in [0.05, 0.1) is 15.1 Å². The summed E-state index contributed by atoms with van der Waals surface area (Å²) in [5.41, 5.74) is 3.41. The van der Waals surface area contributed by atoms with Crippen LogP contribution in [-0.2, 0) is 35.9 Å². The van der Waals surface area contributed by atoms with Crippen LogP contribution in [0.5, 0.6) is 0 Å². The molecular formula is C54H60N12O3S3. The van der Waals surface area contributed by atoms with E-state index in [1.807, 2.05) is 80.5 Å². The van der Waals surface area contributed by atoms with Crippen LogP contribution in [0.4, 0.5) is 0 Å². The Morgan fingerprint density at radius 2 is 0.667 bits per heavy atom. The lowest BCUT2D eigenvalue weighted by molar-refractivity contribution is 0.474. The molecule has 0 aromatic carbocycles. The van der Waals surface area contributed by atoms with Crippen LogP contribution in [-0.4, -0.2) is 60.9 Å². The molecule has 0 radical (unpaired) electrons. The van der Waals surface area contributed by atoms with Gasteiger partial charge in [-0.1, -0.05) is 83.1 Å². The zero-order chi connectivity index (χ0) is 52.4. The zero-order valence-corrected chi connectivity index (χ0v) is 45.4. The van der Waals surface area contributed by atoms with Crippen LogP contribution in [0.25, 0.3) is 33.4 Å². The van der Waals surface area contributed by atoms with Crippen molar-refractivity contribution in [3.05, 3.63) is 121 Å². The fourth-order valence-corrected chi connectivity index (χ4v) is 11.3. The van der Waals surface area contributed by atoms with Crippen molar-refractivity contribution in [2.45, 2.75) is 134 Å². The van der Waals surface area contributed by atoms with E-state index < -0.39 is 0 Å². The number of nitriles is 3. The number of fused-ring (bicyclic) bond motifs is 3. The Kier molecular flexibility index (Phi) is 15.9. The molecule has 18 heteroatoms. The second kappa shape index (κ2) is 21.4. The van der Waals surface area contributed by atoms with Gasteiger partial charge in [0.15, 0.2) is 0 Å². The van der Waals surface area contributed by atoms with E-state index in [-0.39, 0.29) is 49.6 Å². The topological polar surface area (TPSA) is 215 Å². The summed E-state index contributed by atoms with van der Waals surface area (Å²) in [7, 11) is 0. The van der Waals surface area contributed by atoms with Crippen molar-refractivity contribution in [3.63, 3.8) is 0 Å². The lowest BCUT2D eigenvalue weighted by Crippen LogP contribution is -2.30. The van der Waals surface area contributed by atoms with Gasteiger partial charge in [0, 0.05) is 124 Å². The molecule has 0 saturated heterocycles. The minimum absolute atomic E-state index is 0.141. The maximum Gasteiger partial charge on any atom is 0.269 e. The third-order valence-electron chi connectivity index (χ3n) is 12.1. The first kappa shape index (κ1) is 53.4. The summed E-state index contributed by atoms with van der Waals surface area (Å²) in [6, 6.07) is 12.0. The second-order valence-electron chi connectivity index (χ2n) is 21.8.